The van der Waals surface area contributed by atoms with E-state index in [-0.39, 0.29) is 5.91 Å². The Morgan fingerprint density at radius 1 is 1.18 bits per heavy atom. The van der Waals surface area contributed by atoms with E-state index in [2.05, 4.69) is 15.5 Å². The van der Waals surface area contributed by atoms with Crippen molar-refractivity contribution in [1.82, 2.24) is 4.90 Å². The number of hydrogen-bond acceptors (Lipinski definition) is 5. The third kappa shape index (κ3) is 5.96. The normalized spacial score (nSPS) is 14.3. The van der Waals surface area contributed by atoms with E-state index in [0.717, 1.165) is 49.8 Å². The molecule has 1 aliphatic rings. The third-order valence-corrected chi connectivity index (χ3v) is 4.87. The van der Waals surface area contributed by atoms with Crippen molar-refractivity contribution >= 4 is 28.9 Å². The van der Waals surface area contributed by atoms with Gasteiger partial charge in [-0.2, -0.15) is 5.26 Å². The number of anilines is 2. The molecule has 7 heteroatoms. The minimum Gasteiger partial charge on any atom is -0.381 e. The lowest BCUT2D eigenvalue weighted by Crippen LogP contribution is -2.38. The van der Waals surface area contributed by atoms with Crippen LogP contribution in [0.3, 0.4) is 0 Å². The number of halogens is 1. The van der Waals surface area contributed by atoms with Crippen LogP contribution in [0.25, 0.3) is 0 Å². The molecule has 0 radical (unpaired) electrons. The van der Waals surface area contributed by atoms with Crippen LogP contribution in [0, 0.1) is 11.3 Å². The summed E-state index contributed by atoms with van der Waals surface area (Å²) in [7, 11) is 0. The monoisotopic (exact) mass is 398 g/mol. The molecule has 2 aromatic carbocycles. The summed E-state index contributed by atoms with van der Waals surface area (Å²) in [4.78, 5) is 14.5. The summed E-state index contributed by atoms with van der Waals surface area (Å²) in [5.74, 6) is 0.00970. The maximum absolute atomic E-state index is 12.2. The lowest BCUT2D eigenvalue weighted by atomic mass is 10.1. The van der Waals surface area contributed by atoms with E-state index in [9.17, 15) is 4.79 Å². The second-order valence-corrected chi connectivity index (χ2v) is 7.02. The van der Waals surface area contributed by atoms with Crippen molar-refractivity contribution < 1.29 is 9.53 Å². The first-order chi connectivity index (χ1) is 13.6. The third-order valence-electron chi connectivity index (χ3n) is 4.56. The second kappa shape index (κ2) is 10.1. The van der Waals surface area contributed by atoms with Crippen LogP contribution in [0.1, 0.15) is 17.5 Å². The van der Waals surface area contributed by atoms with Gasteiger partial charge in [-0.15, -0.1) is 0 Å². The molecule has 1 fully saturated rings. The van der Waals surface area contributed by atoms with Gasteiger partial charge >= 0.3 is 0 Å². The van der Waals surface area contributed by atoms with Gasteiger partial charge in [0.05, 0.1) is 23.8 Å². The molecule has 1 amide bonds. The van der Waals surface area contributed by atoms with Gasteiger partial charge in [0, 0.05) is 44.0 Å². The van der Waals surface area contributed by atoms with Crippen LogP contribution in [-0.2, 0) is 16.1 Å². The molecule has 0 atom stereocenters. The first-order valence-corrected chi connectivity index (χ1v) is 9.64. The molecule has 0 saturated carbocycles. The highest BCUT2D eigenvalue weighted by Crippen LogP contribution is 2.21. The van der Waals surface area contributed by atoms with Gasteiger partial charge in [-0.1, -0.05) is 23.7 Å². The molecule has 1 heterocycles. The number of benzene rings is 2. The van der Waals surface area contributed by atoms with Gasteiger partial charge in [0.25, 0.3) is 0 Å². The first kappa shape index (κ1) is 20.2. The maximum Gasteiger partial charge on any atom is 0.225 e. The Hall–Kier alpha value is -2.59. The molecule has 0 spiro atoms. The van der Waals surface area contributed by atoms with Gasteiger partial charge in [-0.05, 0) is 35.9 Å². The molecule has 0 aliphatic carbocycles. The van der Waals surface area contributed by atoms with Crippen molar-refractivity contribution in [2.75, 3.05) is 43.5 Å². The number of carbonyl (C=O) groups is 1. The van der Waals surface area contributed by atoms with E-state index in [0.29, 0.717) is 23.6 Å². The largest absolute Gasteiger partial charge is 0.381 e. The molecular weight excluding hydrogens is 376 g/mol. The van der Waals surface area contributed by atoms with Crippen LogP contribution in [0.4, 0.5) is 11.4 Å². The highest BCUT2D eigenvalue weighted by molar-refractivity contribution is 6.32. The number of rotatable bonds is 7. The van der Waals surface area contributed by atoms with E-state index in [4.69, 9.17) is 21.6 Å². The lowest BCUT2D eigenvalue weighted by Gasteiger charge is -2.26. The summed E-state index contributed by atoms with van der Waals surface area (Å²) in [5, 5.41) is 15.6. The number of morpholine rings is 1. The molecule has 3 rings (SSSR count). The Balaban J connectivity index is 1.50. The number of nitriles is 1. The van der Waals surface area contributed by atoms with E-state index in [1.54, 1.807) is 12.1 Å². The number of nitrogens with one attached hydrogen (secondary N) is 2. The second-order valence-electron chi connectivity index (χ2n) is 6.61. The standard InChI is InChI=1S/C21H23ClN4O2/c22-20-13-18(5-4-17(20)14-23)24-15-16-2-1-3-19(12-16)25-21(27)6-7-26-8-10-28-11-9-26/h1-5,12-13,24H,6-11,15H2,(H,25,27). The maximum atomic E-state index is 12.2. The Morgan fingerprint density at radius 2 is 2.00 bits per heavy atom. The van der Waals surface area contributed by atoms with Gasteiger partial charge in [0.1, 0.15) is 6.07 Å². The minimum absolute atomic E-state index is 0.00970. The van der Waals surface area contributed by atoms with Gasteiger partial charge < -0.3 is 15.4 Å². The first-order valence-electron chi connectivity index (χ1n) is 9.26. The van der Waals surface area contributed by atoms with E-state index >= 15 is 0 Å². The van der Waals surface area contributed by atoms with Gasteiger partial charge in [0.15, 0.2) is 0 Å². The summed E-state index contributed by atoms with van der Waals surface area (Å²) in [5.41, 5.74) is 3.11. The van der Waals surface area contributed by atoms with Crippen LogP contribution >= 0.6 is 11.6 Å². The summed E-state index contributed by atoms with van der Waals surface area (Å²) in [6.45, 7) is 4.57. The Morgan fingerprint density at radius 3 is 2.75 bits per heavy atom. The summed E-state index contributed by atoms with van der Waals surface area (Å²) in [6, 6.07) is 15.0. The Kier molecular flexibility index (Phi) is 7.26. The minimum atomic E-state index is 0.00970. The highest BCUT2D eigenvalue weighted by Gasteiger charge is 2.12. The van der Waals surface area contributed by atoms with Crippen LogP contribution < -0.4 is 10.6 Å². The zero-order valence-electron chi connectivity index (χ0n) is 15.6. The number of hydrogen-bond donors (Lipinski definition) is 2. The SMILES string of the molecule is N#Cc1ccc(NCc2cccc(NC(=O)CCN3CCOCC3)c2)cc1Cl. The Bertz CT molecular complexity index is 860. The van der Waals surface area contributed by atoms with Gasteiger partial charge in [-0.3, -0.25) is 9.69 Å². The zero-order chi connectivity index (χ0) is 19.8. The van der Waals surface area contributed by atoms with Crippen molar-refractivity contribution in [2.24, 2.45) is 0 Å². The number of nitrogens with zero attached hydrogens (tertiary/aromatic N) is 2. The zero-order valence-corrected chi connectivity index (χ0v) is 16.3. The van der Waals surface area contributed by atoms with Gasteiger partial charge in [0.2, 0.25) is 5.91 Å². The molecule has 0 bridgehead atoms. The molecule has 2 aromatic rings. The van der Waals surface area contributed by atoms with Crippen molar-refractivity contribution in [3.8, 4) is 6.07 Å². The van der Waals surface area contributed by atoms with Crippen LogP contribution in [-0.4, -0.2) is 43.7 Å². The molecule has 0 unspecified atom stereocenters. The topological polar surface area (TPSA) is 77.4 Å². The molecular formula is C21H23ClN4O2. The summed E-state index contributed by atoms with van der Waals surface area (Å²) in [6.07, 6.45) is 0.465. The average Bonchev–Trinajstić information content (AvgIpc) is 2.72. The fourth-order valence-corrected chi connectivity index (χ4v) is 3.21. The molecule has 1 aliphatic heterocycles. The molecule has 146 valence electrons. The average molecular weight is 399 g/mol. The quantitative estimate of drug-likeness (QED) is 0.746. The van der Waals surface area contributed by atoms with Gasteiger partial charge in [-0.25, -0.2) is 0 Å². The number of carbonyl (C=O) groups excluding carboxylic acids is 1. The molecule has 28 heavy (non-hydrogen) atoms. The molecule has 0 aromatic heterocycles. The molecule has 6 nitrogen and oxygen atoms in total. The summed E-state index contributed by atoms with van der Waals surface area (Å²) >= 11 is 6.06. The predicted octanol–water partition coefficient (Wildman–Crippen LogP) is 3.48. The van der Waals surface area contributed by atoms with Crippen molar-refractivity contribution in [1.29, 1.82) is 5.26 Å². The predicted molar refractivity (Wildman–Crippen MR) is 110 cm³/mol. The van der Waals surface area contributed by atoms with Crippen molar-refractivity contribution in [3.63, 3.8) is 0 Å². The fraction of sp³-hybridized carbons (Fsp3) is 0.333. The fourth-order valence-electron chi connectivity index (χ4n) is 2.99. The number of ether oxygens (including phenoxy) is 1. The summed E-state index contributed by atoms with van der Waals surface area (Å²) < 4.78 is 5.32. The van der Waals surface area contributed by atoms with Crippen molar-refractivity contribution in [3.05, 3.63) is 58.6 Å². The van der Waals surface area contributed by atoms with Crippen LogP contribution in [0.2, 0.25) is 5.02 Å². The van der Waals surface area contributed by atoms with E-state index in [1.807, 2.05) is 36.4 Å². The molecule has 2 N–H and O–H groups in total. The smallest absolute Gasteiger partial charge is 0.225 e. The van der Waals surface area contributed by atoms with Crippen LogP contribution in [0.5, 0.6) is 0 Å². The van der Waals surface area contributed by atoms with Crippen LogP contribution in [0.15, 0.2) is 42.5 Å². The van der Waals surface area contributed by atoms with E-state index in [1.165, 1.54) is 0 Å². The van der Waals surface area contributed by atoms with Crippen molar-refractivity contribution in [2.45, 2.75) is 13.0 Å². The Labute approximate surface area is 170 Å². The molecule has 1 saturated heterocycles. The highest BCUT2D eigenvalue weighted by atomic mass is 35.5. The van der Waals surface area contributed by atoms with E-state index < -0.39 is 0 Å². The lowest BCUT2D eigenvalue weighted by molar-refractivity contribution is -0.116. The number of amides is 1.